The van der Waals surface area contributed by atoms with Gasteiger partial charge < -0.3 is 10.6 Å². The van der Waals surface area contributed by atoms with Gasteiger partial charge in [-0.1, -0.05) is 282 Å². The Labute approximate surface area is 362 Å². The molecule has 0 aliphatic heterocycles. The first-order chi connectivity index (χ1) is 28.7. The van der Waals surface area contributed by atoms with Gasteiger partial charge in [0, 0.05) is 25.9 Å². The summed E-state index contributed by atoms with van der Waals surface area (Å²) in [5, 5.41) is 6.25. The normalized spacial score (nSPS) is 11.3. The van der Waals surface area contributed by atoms with Crippen LogP contribution in [0.2, 0.25) is 0 Å². The molecule has 0 aromatic heterocycles. The van der Waals surface area contributed by atoms with Crippen LogP contribution < -0.4 is 10.6 Å². The minimum Gasteiger partial charge on any atom is -0.352 e. The van der Waals surface area contributed by atoms with Gasteiger partial charge in [0.1, 0.15) is 0 Å². The Morgan fingerprint density at radius 3 is 0.707 bits per heavy atom. The van der Waals surface area contributed by atoms with Crippen molar-refractivity contribution >= 4 is 11.8 Å². The van der Waals surface area contributed by atoms with E-state index in [-0.39, 0.29) is 11.8 Å². The van der Waals surface area contributed by atoms with Crippen molar-refractivity contribution in [1.29, 1.82) is 0 Å². The molecule has 0 saturated carbocycles. The lowest BCUT2D eigenvalue weighted by molar-refractivity contribution is -0.122. The number of carbonyl (C=O) groups excluding carboxylic acids is 2. The van der Waals surface area contributed by atoms with Crippen LogP contribution in [-0.2, 0) is 22.7 Å². The number of hydrogen-bond acceptors (Lipinski definition) is 2. The second-order valence-corrected chi connectivity index (χ2v) is 18.3. The molecule has 0 aliphatic rings. The van der Waals surface area contributed by atoms with Gasteiger partial charge in [0.15, 0.2) is 0 Å². The maximum Gasteiger partial charge on any atom is 0.220 e. The van der Waals surface area contributed by atoms with E-state index in [4.69, 9.17) is 0 Å². The van der Waals surface area contributed by atoms with Crippen molar-refractivity contribution < 1.29 is 9.59 Å². The van der Waals surface area contributed by atoms with Crippen LogP contribution in [0.4, 0.5) is 0 Å². The molecule has 1 rings (SSSR count). The standard InChI is InChI=1S/C54H100N2O2/c1-3-5-7-9-11-13-15-17-19-21-23-25-27-29-31-33-35-37-39-41-47-53(57)55-49-51-45-43-44-46-52(51)50-56-54(58)48-42-40-38-36-34-32-30-28-26-24-22-20-18-16-14-12-10-8-6-4-2/h43-46H,3-42,47-50H2,1-2H3,(H,55,57)(H,56,58). The van der Waals surface area contributed by atoms with E-state index in [0.29, 0.717) is 25.9 Å². The van der Waals surface area contributed by atoms with Crippen LogP contribution in [0.3, 0.4) is 0 Å². The second-order valence-electron chi connectivity index (χ2n) is 18.3. The smallest absolute Gasteiger partial charge is 0.220 e. The van der Waals surface area contributed by atoms with Gasteiger partial charge in [-0.15, -0.1) is 0 Å². The minimum absolute atomic E-state index is 0.140. The molecule has 0 fully saturated rings. The third kappa shape index (κ3) is 38.4. The SMILES string of the molecule is CCCCCCCCCCCCCCCCCCCCCCC(=O)NCc1ccccc1CNC(=O)CCCCCCCCCCCCCCCCCCCCCC. The Balaban J connectivity index is 1.90. The van der Waals surface area contributed by atoms with E-state index < -0.39 is 0 Å². The molecule has 0 spiro atoms. The van der Waals surface area contributed by atoms with Crippen LogP contribution in [-0.4, -0.2) is 11.8 Å². The van der Waals surface area contributed by atoms with Gasteiger partial charge in [-0.25, -0.2) is 0 Å². The van der Waals surface area contributed by atoms with Crippen molar-refractivity contribution in [2.24, 2.45) is 0 Å². The molecule has 0 bridgehead atoms. The number of benzene rings is 1. The number of amides is 2. The van der Waals surface area contributed by atoms with Crippen molar-refractivity contribution in [1.82, 2.24) is 10.6 Å². The van der Waals surface area contributed by atoms with E-state index in [2.05, 4.69) is 36.6 Å². The Kier molecular flexibility index (Phi) is 41.8. The Morgan fingerprint density at radius 1 is 0.310 bits per heavy atom. The highest BCUT2D eigenvalue weighted by Gasteiger charge is 2.08. The van der Waals surface area contributed by atoms with Crippen LogP contribution in [0, 0.1) is 0 Å². The molecule has 1 aromatic carbocycles. The average Bonchev–Trinajstić information content (AvgIpc) is 3.23. The molecule has 0 atom stereocenters. The lowest BCUT2D eigenvalue weighted by Crippen LogP contribution is -2.25. The number of unbranched alkanes of at least 4 members (excludes halogenated alkanes) is 38. The lowest BCUT2D eigenvalue weighted by Gasteiger charge is -2.12. The van der Waals surface area contributed by atoms with Crippen LogP contribution in [0.5, 0.6) is 0 Å². The number of rotatable bonds is 46. The van der Waals surface area contributed by atoms with Gasteiger partial charge in [0.2, 0.25) is 11.8 Å². The zero-order valence-electron chi connectivity index (χ0n) is 39.2. The summed E-state index contributed by atoms with van der Waals surface area (Å²) in [5.74, 6) is 0.279. The number of carbonyl (C=O) groups is 2. The maximum absolute atomic E-state index is 12.6. The molecule has 338 valence electrons. The molecule has 4 heteroatoms. The second kappa shape index (κ2) is 44.7. The predicted octanol–water partition coefficient (Wildman–Crippen LogP) is 17.3. The highest BCUT2D eigenvalue weighted by molar-refractivity contribution is 5.76. The van der Waals surface area contributed by atoms with Gasteiger partial charge in [-0.2, -0.15) is 0 Å². The predicted molar refractivity (Wildman–Crippen MR) is 255 cm³/mol. The third-order valence-electron chi connectivity index (χ3n) is 12.6. The molecular formula is C54H100N2O2. The molecule has 0 saturated heterocycles. The van der Waals surface area contributed by atoms with E-state index in [9.17, 15) is 9.59 Å². The molecule has 0 unspecified atom stereocenters. The number of hydrogen-bond donors (Lipinski definition) is 2. The van der Waals surface area contributed by atoms with Crippen LogP contribution in [0.1, 0.15) is 295 Å². The van der Waals surface area contributed by atoms with Crippen molar-refractivity contribution in [2.45, 2.75) is 297 Å². The van der Waals surface area contributed by atoms with E-state index in [1.807, 2.05) is 12.1 Å². The lowest BCUT2D eigenvalue weighted by atomic mass is 10.0. The summed E-state index contributed by atoms with van der Waals surface area (Å²) < 4.78 is 0. The monoisotopic (exact) mass is 809 g/mol. The fourth-order valence-electron chi connectivity index (χ4n) is 8.55. The van der Waals surface area contributed by atoms with E-state index >= 15 is 0 Å². The van der Waals surface area contributed by atoms with Gasteiger partial charge in [-0.3, -0.25) is 9.59 Å². The van der Waals surface area contributed by atoms with E-state index in [0.717, 1.165) is 36.8 Å². The molecule has 58 heavy (non-hydrogen) atoms. The fourth-order valence-corrected chi connectivity index (χ4v) is 8.55. The quantitative estimate of drug-likeness (QED) is 0.0645. The largest absolute Gasteiger partial charge is 0.352 e. The molecular weight excluding hydrogens is 709 g/mol. The topological polar surface area (TPSA) is 58.2 Å². The Morgan fingerprint density at radius 2 is 0.500 bits per heavy atom. The van der Waals surface area contributed by atoms with Crippen molar-refractivity contribution in [3.05, 3.63) is 35.4 Å². The third-order valence-corrected chi connectivity index (χ3v) is 12.6. The van der Waals surface area contributed by atoms with Gasteiger partial charge >= 0.3 is 0 Å². The minimum atomic E-state index is 0.140. The first kappa shape index (κ1) is 54.2. The first-order valence-electron chi connectivity index (χ1n) is 26.3. The van der Waals surface area contributed by atoms with Crippen molar-refractivity contribution in [3.8, 4) is 0 Å². The maximum atomic E-state index is 12.6. The fraction of sp³-hybridized carbons (Fsp3) is 0.852. The van der Waals surface area contributed by atoms with Gasteiger partial charge in [0.05, 0.1) is 0 Å². The van der Waals surface area contributed by atoms with Crippen LogP contribution in [0.15, 0.2) is 24.3 Å². The van der Waals surface area contributed by atoms with Crippen molar-refractivity contribution in [3.63, 3.8) is 0 Å². The van der Waals surface area contributed by atoms with Gasteiger partial charge in [0.25, 0.3) is 0 Å². The average molecular weight is 809 g/mol. The molecule has 0 radical (unpaired) electrons. The zero-order chi connectivity index (χ0) is 41.7. The summed E-state index contributed by atoms with van der Waals surface area (Å²) in [6.07, 6.45) is 56.0. The number of nitrogens with one attached hydrogen (secondary N) is 2. The summed E-state index contributed by atoms with van der Waals surface area (Å²) >= 11 is 0. The van der Waals surface area contributed by atoms with E-state index in [1.165, 1.54) is 231 Å². The molecule has 0 aliphatic carbocycles. The summed E-state index contributed by atoms with van der Waals surface area (Å²) in [7, 11) is 0. The van der Waals surface area contributed by atoms with Crippen LogP contribution in [0.25, 0.3) is 0 Å². The van der Waals surface area contributed by atoms with Crippen LogP contribution >= 0.6 is 0 Å². The summed E-state index contributed by atoms with van der Waals surface area (Å²) in [5.41, 5.74) is 2.19. The first-order valence-corrected chi connectivity index (χ1v) is 26.3. The molecule has 2 N–H and O–H groups in total. The highest BCUT2D eigenvalue weighted by atomic mass is 16.2. The molecule has 4 nitrogen and oxygen atoms in total. The van der Waals surface area contributed by atoms with Crippen molar-refractivity contribution in [2.75, 3.05) is 0 Å². The molecule has 2 amide bonds. The molecule has 0 heterocycles. The highest BCUT2D eigenvalue weighted by Crippen LogP contribution is 2.17. The zero-order valence-corrected chi connectivity index (χ0v) is 39.2. The summed E-state index contributed by atoms with van der Waals surface area (Å²) in [6, 6.07) is 8.17. The Bertz CT molecular complexity index is 930. The molecule has 1 aromatic rings. The summed E-state index contributed by atoms with van der Waals surface area (Å²) in [6.45, 7) is 5.65. The summed E-state index contributed by atoms with van der Waals surface area (Å²) in [4.78, 5) is 25.1. The van der Waals surface area contributed by atoms with Gasteiger partial charge in [-0.05, 0) is 24.0 Å². The Hall–Kier alpha value is -1.84. The van der Waals surface area contributed by atoms with E-state index in [1.54, 1.807) is 0 Å².